The molecule has 1 aliphatic heterocycles. The highest BCUT2D eigenvalue weighted by Gasteiger charge is 2.18. The molecule has 0 bridgehead atoms. The van der Waals surface area contributed by atoms with Crippen molar-refractivity contribution in [1.29, 1.82) is 0 Å². The van der Waals surface area contributed by atoms with E-state index in [1.807, 2.05) is 42.5 Å². The molecular formula is C22H21ClN6O. The Kier molecular flexibility index (Phi) is 5.08. The molecule has 0 radical (unpaired) electrons. The van der Waals surface area contributed by atoms with Gasteiger partial charge in [-0.05, 0) is 19.2 Å². The first-order chi connectivity index (χ1) is 14.7. The van der Waals surface area contributed by atoms with Crippen molar-refractivity contribution >= 4 is 22.5 Å². The van der Waals surface area contributed by atoms with E-state index in [2.05, 4.69) is 27.0 Å². The molecule has 3 heterocycles. The number of rotatable bonds is 5. The number of halogens is 1. The summed E-state index contributed by atoms with van der Waals surface area (Å²) in [6.45, 7) is 3.38. The van der Waals surface area contributed by atoms with Crippen molar-refractivity contribution in [2.45, 2.75) is 0 Å². The summed E-state index contributed by atoms with van der Waals surface area (Å²) in [6, 6.07) is 13.9. The number of H-pyrrole nitrogens is 1. The quantitative estimate of drug-likeness (QED) is 0.528. The Morgan fingerprint density at radius 3 is 2.73 bits per heavy atom. The monoisotopic (exact) mass is 420 g/mol. The summed E-state index contributed by atoms with van der Waals surface area (Å²) in [6.07, 6.45) is 3.44. The number of nitrogens with zero attached hydrogens (tertiary/aromatic N) is 5. The lowest BCUT2D eigenvalue weighted by Crippen LogP contribution is -2.27. The van der Waals surface area contributed by atoms with E-state index >= 15 is 0 Å². The van der Waals surface area contributed by atoms with Crippen LogP contribution in [0.1, 0.15) is 0 Å². The number of benzene rings is 2. The number of ether oxygens (including phenoxy) is 1. The van der Waals surface area contributed by atoms with E-state index in [4.69, 9.17) is 26.3 Å². The van der Waals surface area contributed by atoms with Gasteiger partial charge in [0.15, 0.2) is 0 Å². The Morgan fingerprint density at radius 2 is 1.93 bits per heavy atom. The SMILES string of the molecule is CN1CCN(COc2cnc(-c3ccccc3)c(-c3cc(Cl)c4[nH]ncc4c3)n2)C1. The Labute approximate surface area is 179 Å². The molecule has 0 aliphatic carbocycles. The van der Waals surface area contributed by atoms with Crippen molar-refractivity contribution in [3.63, 3.8) is 0 Å². The number of aromatic amines is 1. The number of likely N-dealkylation sites (N-methyl/N-ethyl adjacent to an activating group) is 1. The van der Waals surface area contributed by atoms with Crippen LogP contribution in [0.25, 0.3) is 33.4 Å². The van der Waals surface area contributed by atoms with E-state index in [0.717, 1.165) is 53.2 Å². The topological polar surface area (TPSA) is 70.2 Å². The van der Waals surface area contributed by atoms with Gasteiger partial charge < -0.3 is 4.74 Å². The van der Waals surface area contributed by atoms with Crippen molar-refractivity contribution in [3.05, 3.63) is 59.9 Å². The normalized spacial score (nSPS) is 15.1. The van der Waals surface area contributed by atoms with Crippen molar-refractivity contribution in [2.24, 2.45) is 0 Å². The lowest BCUT2D eigenvalue weighted by molar-refractivity contribution is 0.130. The fraction of sp³-hybridized carbons (Fsp3) is 0.227. The van der Waals surface area contributed by atoms with Crippen molar-refractivity contribution < 1.29 is 4.74 Å². The molecule has 8 heteroatoms. The van der Waals surface area contributed by atoms with Gasteiger partial charge in [0.2, 0.25) is 5.88 Å². The zero-order valence-electron chi connectivity index (χ0n) is 16.5. The summed E-state index contributed by atoms with van der Waals surface area (Å²) in [5.74, 6) is 0.489. The van der Waals surface area contributed by atoms with Crippen LogP contribution in [-0.2, 0) is 0 Å². The van der Waals surface area contributed by atoms with Gasteiger partial charge in [-0.15, -0.1) is 0 Å². The summed E-state index contributed by atoms with van der Waals surface area (Å²) >= 11 is 6.49. The first kappa shape index (κ1) is 19.0. The molecule has 1 aliphatic rings. The molecule has 5 rings (SSSR count). The molecule has 1 saturated heterocycles. The van der Waals surface area contributed by atoms with Gasteiger partial charge in [0.25, 0.3) is 0 Å². The highest BCUT2D eigenvalue weighted by atomic mass is 35.5. The maximum absolute atomic E-state index is 6.49. The zero-order chi connectivity index (χ0) is 20.5. The Bertz CT molecular complexity index is 1180. The van der Waals surface area contributed by atoms with E-state index in [9.17, 15) is 0 Å². The molecule has 0 amide bonds. The average molecular weight is 421 g/mol. The highest BCUT2D eigenvalue weighted by molar-refractivity contribution is 6.35. The predicted molar refractivity (Wildman–Crippen MR) is 117 cm³/mol. The summed E-state index contributed by atoms with van der Waals surface area (Å²) in [5, 5.41) is 8.53. The van der Waals surface area contributed by atoms with Crippen LogP contribution < -0.4 is 4.74 Å². The number of hydrogen-bond donors (Lipinski definition) is 1. The molecule has 30 heavy (non-hydrogen) atoms. The molecule has 152 valence electrons. The zero-order valence-corrected chi connectivity index (χ0v) is 17.3. The molecule has 0 saturated carbocycles. The smallest absolute Gasteiger partial charge is 0.234 e. The van der Waals surface area contributed by atoms with Gasteiger partial charge in [0.1, 0.15) is 12.4 Å². The number of fused-ring (bicyclic) bond motifs is 1. The summed E-state index contributed by atoms with van der Waals surface area (Å²) in [7, 11) is 2.10. The van der Waals surface area contributed by atoms with Gasteiger partial charge in [0.05, 0.1) is 35.3 Å². The predicted octanol–water partition coefficient (Wildman–Crippen LogP) is 3.88. The van der Waals surface area contributed by atoms with E-state index < -0.39 is 0 Å². The van der Waals surface area contributed by atoms with Crippen molar-refractivity contribution in [1.82, 2.24) is 30.0 Å². The fourth-order valence-corrected chi connectivity index (χ4v) is 3.93. The van der Waals surface area contributed by atoms with E-state index in [1.54, 1.807) is 12.4 Å². The summed E-state index contributed by atoms with van der Waals surface area (Å²) < 4.78 is 5.97. The van der Waals surface area contributed by atoms with Gasteiger partial charge in [-0.2, -0.15) is 5.10 Å². The molecule has 1 N–H and O–H groups in total. The lowest BCUT2D eigenvalue weighted by atomic mass is 10.0. The third-order valence-electron chi connectivity index (χ3n) is 5.21. The van der Waals surface area contributed by atoms with E-state index in [-0.39, 0.29) is 0 Å². The Balaban J connectivity index is 1.54. The van der Waals surface area contributed by atoms with Crippen LogP contribution >= 0.6 is 11.6 Å². The third-order valence-corrected chi connectivity index (χ3v) is 5.50. The largest absolute Gasteiger partial charge is 0.460 e. The molecule has 0 spiro atoms. The molecule has 0 atom stereocenters. The molecule has 0 unspecified atom stereocenters. The van der Waals surface area contributed by atoms with Gasteiger partial charge in [-0.25, -0.2) is 9.97 Å². The van der Waals surface area contributed by atoms with Crippen LogP contribution in [0.5, 0.6) is 5.88 Å². The van der Waals surface area contributed by atoms with Crippen molar-refractivity contribution in [2.75, 3.05) is 33.5 Å². The lowest BCUT2D eigenvalue weighted by Gasteiger charge is -2.17. The van der Waals surface area contributed by atoms with E-state index in [1.165, 1.54) is 0 Å². The molecule has 1 fully saturated rings. The van der Waals surface area contributed by atoms with E-state index in [0.29, 0.717) is 17.6 Å². The number of hydrogen-bond acceptors (Lipinski definition) is 6. The third kappa shape index (κ3) is 3.75. The maximum atomic E-state index is 6.49. The van der Waals surface area contributed by atoms with Crippen molar-refractivity contribution in [3.8, 4) is 28.4 Å². The fourth-order valence-electron chi connectivity index (χ4n) is 3.66. The minimum absolute atomic E-state index is 0.477. The highest BCUT2D eigenvalue weighted by Crippen LogP contribution is 2.34. The second kappa shape index (κ2) is 8.02. The molecule has 7 nitrogen and oxygen atoms in total. The van der Waals surface area contributed by atoms with Crippen LogP contribution in [0.4, 0.5) is 0 Å². The molecule has 2 aromatic carbocycles. The Morgan fingerprint density at radius 1 is 1.07 bits per heavy atom. The minimum atomic E-state index is 0.477. The standard InChI is InChI=1S/C22H21ClN6O/c1-28-7-8-29(13-28)14-30-19-12-24-21(15-5-3-2-4-6-15)22(26-19)16-9-17-11-25-27-20(17)18(23)10-16/h2-6,9-12H,7-8,13-14H2,1H3,(H,25,27). The first-order valence-corrected chi connectivity index (χ1v) is 10.1. The molecule has 2 aromatic heterocycles. The summed E-state index contributed by atoms with van der Waals surface area (Å²) in [4.78, 5) is 14.0. The summed E-state index contributed by atoms with van der Waals surface area (Å²) in [5.41, 5.74) is 4.16. The first-order valence-electron chi connectivity index (χ1n) is 9.76. The second-order valence-electron chi connectivity index (χ2n) is 7.45. The van der Waals surface area contributed by atoms with Gasteiger partial charge in [-0.3, -0.25) is 14.9 Å². The molecular weight excluding hydrogens is 400 g/mol. The Hall–Kier alpha value is -3.00. The maximum Gasteiger partial charge on any atom is 0.234 e. The van der Waals surface area contributed by atoms with Crippen LogP contribution in [-0.4, -0.2) is 63.5 Å². The van der Waals surface area contributed by atoms with Gasteiger partial charge in [-0.1, -0.05) is 41.9 Å². The van der Waals surface area contributed by atoms with Crippen LogP contribution in [0.15, 0.2) is 54.9 Å². The minimum Gasteiger partial charge on any atom is -0.460 e. The number of nitrogens with one attached hydrogen (secondary N) is 1. The molecule has 4 aromatic rings. The van der Waals surface area contributed by atoms with Crippen LogP contribution in [0.2, 0.25) is 5.02 Å². The van der Waals surface area contributed by atoms with Crippen LogP contribution in [0.3, 0.4) is 0 Å². The van der Waals surface area contributed by atoms with Gasteiger partial charge in [0, 0.05) is 29.6 Å². The second-order valence-corrected chi connectivity index (χ2v) is 7.86. The average Bonchev–Trinajstić information content (AvgIpc) is 3.42. The van der Waals surface area contributed by atoms with Gasteiger partial charge >= 0.3 is 0 Å². The number of aromatic nitrogens is 4. The van der Waals surface area contributed by atoms with Crippen LogP contribution in [0, 0.1) is 0 Å².